The minimum atomic E-state index is -0.510. The van der Waals surface area contributed by atoms with Crippen LogP contribution in [0.1, 0.15) is 5.56 Å². The zero-order valence-corrected chi connectivity index (χ0v) is 17.2. The molecule has 1 aliphatic rings. The Hall–Kier alpha value is -3.83. The second-order valence-corrected chi connectivity index (χ2v) is 6.68. The molecule has 2 aromatic rings. The first-order chi connectivity index (χ1) is 15.1. The number of amides is 2. The Kier molecular flexibility index (Phi) is 7.62. The topological polar surface area (TPSA) is 101 Å². The first-order valence-electron chi connectivity index (χ1n) is 9.75. The van der Waals surface area contributed by atoms with Crippen LogP contribution in [-0.2, 0) is 14.3 Å². The molecule has 0 radical (unpaired) electrons. The van der Waals surface area contributed by atoms with Gasteiger partial charge in [-0.15, -0.1) is 0 Å². The van der Waals surface area contributed by atoms with Gasteiger partial charge in [0.25, 0.3) is 11.8 Å². The van der Waals surface area contributed by atoms with E-state index in [9.17, 15) is 14.9 Å². The molecule has 2 aromatic carbocycles. The highest BCUT2D eigenvalue weighted by atomic mass is 16.5. The van der Waals surface area contributed by atoms with Gasteiger partial charge in [-0.2, -0.15) is 5.26 Å². The van der Waals surface area contributed by atoms with Gasteiger partial charge >= 0.3 is 0 Å². The summed E-state index contributed by atoms with van der Waals surface area (Å²) in [4.78, 5) is 26.3. The molecule has 8 heteroatoms. The van der Waals surface area contributed by atoms with Gasteiger partial charge in [0.15, 0.2) is 18.1 Å². The van der Waals surface area contributed by atoms with Crippen molar-refractivity contribution in [2.45, 2.75) is 0 Å². The van der Waals surface area contributed by atoms with Crippen LogP contribution < -0.4 is 14.8 Å². The Labute approximate surface area is 180 Å². The number of morpholine rings is 1. The second kappa shape index (κ2) is 10.8. The minimum Gasteiger partial charge on any atom is -0.493 e. The predicted molar refractivity (Wildman–Crippen MR) is 115 cm³/mol. The molecule has 1 saturated heterocycles. The number of nitrogens with zero attached hydrogens (tertiary/aromatic N) is 2. The highest BCUT2D eigenvalue weighted by Gasteiger charge is 2.18. The summed E-state index contributed by atoms with van der Waals surface area (Å²) in [6.07, 6.45) is 1.46. The maximum Gasteiger partial charge on any atom is 0.266 e. The predicted octanol–water partition coefficient (Wildman–Crippen LogP) is 2.48. The third-order valence-electron chi connectivity index (χ3n) is 4.61. The maximum atomic E-state index is 12.4. The fourth-order valence-corrected chi connectivity index (χ4v) is 2.97. The number of anilines is 1. The molecule has 0 aliphatic carbocycles. The molecule has 0 unspecified atom stereocenters. The molecule has 1 N–H and O–H groups in total. The van der Waals surface area contributed by atoms with Gasteiger partial charge in [0.2, 0.25) is 0 Å². The summed E-state index contributed by atoms with van der Waals surface area (Å²) in [5, 5.41) is 12.1. The van der Waals surface area contributed by atoms with E-state index in [1.165, 1.54) is 13.2 Å². The number of methoxy groups -OCH3 is 1. The normalized spacial score (nSPS) is 13.8. The van der Waals surface area contributed by atoms with Crippen molar-refractivity contribution >= 4 is 23.6 Å². The highest BCUT2D eigenvalue weighted by Crippen LogP contribution is 2.29. The average molecular weight is 421 g/mol. The highest BCUT2D eigenvalue weighted by molar-refractivity contribution is 6.09. The van der Waals surface area contributed by atoms with Gasteiger partial charge in [-0.1, -0.05) is 24.3 Å². The van der Waals surface area contributed by atoms with E-state index in [0.717, 1.165) is 0 Å². The monoisotopic (exact) mass is 421 g/mol. The summed E-state index contributed by atoms with van der Waals surface area (Å²) in [7, 11) is 1.48. The van der Waals surface area contributed by atoms with Crippen LogP contribution in [0, 0.1) is 11.3 Å². The van der Waals surface area contributed by atoms with Gasteiger partial charge < -0.3 is 24.4 Å². The molecule has 1 fully saturated rings. The molecular weight excluding hydrogens is 398 g/mol. The molecule has 0 aromatic heterocycles. The van der Waals surface area contributed by atoms with Crippen molar-refractivity contribution < 1.29 is 23.8 Å². The third-order valence-corrected chi connectivity index (χ3v) is 4.61. The lowest BCUT2D eigenvalue weighted by atomic mass is 10.1. The molecule has 1 aliphatic heterocycles. The number of hydrogen-bond acceptors (Lipinski definition) is 6. The van der Waals surface area contributed by atoms with Gasteiger partial charge in [0.05, 0.1) is 20.3 Å². The number of benzene rings is 2. The van der Waals surface area contributed by atoms with Gasteiger partial charge in [0.1, 0.15) is 11.6 Å². The maximum absolute atomic E-state index is 12.4. The lowest BCUT2D eigenvalue weighted by molar-refractivity contribution is -0.137. The van der Waals surface area contributed by atoms with Crippen molar-refractivity contribution in [2.24, 2.45) is 0 Å². The van der Waals surface area contributed by atoms with E-state index in [2.05, 4.69) is 5.32 Å². The molecule has 31 heavy (non-hydrogen) atoms. The van der Waals surface area contributed by atoms with E-state index in [1.807, 2.05) is 12.1 Å². The molecule has 1 heterocycles. The van der Waals surface area contributed by atoms with Crippen molar-refractivity contribution in [2.75, 3.05) is 45.3 Å². The fourth-order valence-electron chi connectivity index (χ4n) is 2.97. The van der Waals surface area contributed by atoms with E-state index >= 15 is 0 Å². The van der Waals surface area contributed by atoms with Gasteiger partial charge in [0, 0.05) is 18.8 Å². The first-order valence-corrected chi connectivity index (χ1v) is 9.75. The molecule has 0 spiro atoms. The van der Waals surface area contributed by atoms with E-state index in [0.29, 0.717) is 49.1 Å². The van der Waals surface area contributed by atoms with E-state index in [1.54, 1.807) is 47.4 Å². The Morgan fingerprint density at radius 2 is 1.90 bits per heavy atom. The van der Waals surface area contributed by atoms with Gasteiger partial charge in [-0.3, -0.25) is 9.59 Å². The number of hydrogen-bond donors (Lipinski definition) is 1. The summed E-state index contributed by atoms with van der Waals surface area (Å²) in [6.45, 7) is 2.02. The van der Waals surface area contributed by atoms with Crippen LogP contribution in [0.25, 0.3) is 6.08 Å². The molecular formula is C23H23N3O5. The zero-order valence-electron chi connectivity index (χ0n) is 17.2. The van der Waals surface area contributed by atoms with Crippen molar-refractivity contribution in [3.63, 3.8) is 0 Å². The van der Waals surface area contributed by atoms with Crippen molar-refractivity contribution in [3.8, 4) is 17.6 Å². The average Bonchev–Trinajstić information content (AvgIpc) is 2.82. The summed E-state index contributed by atoms with van der Waals surface area (Å²) in [5.41, 5.74) is 1.13. The molecule has 2 amide bonds. The second-order valence-electron chi connectivity index (χ2n) is 6.68. The number of para-hydroxylation sites is 1. The standard InChI is InChI=1S/C23H23N3O5/c1-29-21-14-17(13-18(15-24)23(28)25-19-5-3-2-4-6-19)7-8-20(21)31-16-22(27)26-9-11-30-12-10-26/h2-8,13-14H,9-12,16H2,1H3,(H,25,28)/b18-13-. The third kappa shape index (κ3) is 6.07. The number of nitriles is 1. The number of rotatable bonds is 7. The minimum absolute atomic E-state index is 0.0536. The van der Waals surface area contributed by atoms with Crippen molar-refractivity contribution in [1.82, 2.24) is 4.90 Å². The van der Waals surface area contributed by atoms with Crippen LogP contribution >= 0.6 is 0 Å². The molecule has 8 nitrogen and oxygen atoms in total. The van der Waals surface area contributed by atoms with E-state index in [-0.39, 0.29) is 18.1 Å². The Bertz CT molecular complexity index is 992. The van der Waals surface area contributed by atoms with Crippen molar-refractivity contribution in [1.29, 1.82) is 5.26 Å². The summed E-state index contributed by atoms with van der Waals surface area (Å²) in [5.74, 6) is 0.153. The lowest BCUT2D eigenvalue weighted by Crippen LogP contribution is -2.43. The molecule has 160 valence electrons. The van der Waals surface area contributed by atoms with Crippen LogP contribution in [0.5, 0.6) is 11.5 Å². The number of ether oxygens (including phenoxy) is 3. The molecule has 0 atom stereocenters. The first kappa shape index (κ1) is 21.9. The van der Waals surface area contributed by atoms with Crippen LogP contribution in [-0.4, -0.2) is 56.7 Å². The van der Waals surface area contributed by atoms with Gasteiger partial charge in [-0.05, 0) is 35.9 Å². The summed E-state index contributed by atoms with van der Waals surface area (Å²) >= 11 is 0. The van der Waals surface area contributed by atoms with Gasteiger partial charge in [-0.25, -0.2) is 0 Å². The summed E-state index contributed by atoms with van der Waals surface area (Å²) in [6, 6.07) is 15.8. The zero-order chi connectivity index (χ0) is 22.1. The van der Waals surface area contributed by atoms with E-state index < -0.39 is 5.91 Å². The van der Waals surface area contributed by atoms with Crippen LogP contribution in [0.3, 0.4) is 0 Å². The van der Waals surface area contributed by atoms with Crippen LogP contribution in [0.15, 0.2) is 54.1 Å². The smallest absolute Gasteiger partial charge is 0.266 e. The Morgan fingerprint density at radius 3 is 2.58 bits per heavy atom. The molecule has 3 rings (SSSR count). The number of nitrogens with one attached hydrogen (secondary N) is 1. The Morgan fingerprint density at radius 1 is 1.16 bits per heavy atom. The SMILES string of the molecule is COc1cc(/C=C(/C#N)C(=O)Nc2ccccc2)ccc1OCC(=O)N1CCOCC1. The quantitative estimate of drug-likeness (QED) is 0.545. The van der Waals surface area contributed by atoms with Crippen LogP contribution in [0.2, 0.25) is 0 Å². The van der Waals surface area contributed by atoms with Crippen molar-refractivity contribution in [3.05, 3.63) is 59.7 Å². The summed E-state index contributed by atoms with van der Waals surface area (Å²) < 4.78 is 16.2. The lowest BCUT2D eigenvalue weighted by Gasteiger charge is -2.26. The number of carbonyl (C=O) groups excluding carboxylic acids is 2. The van der Waals surface area contributed by atoms with Crippen LogP contribution in [0.4, 0.5) is 5.69 Å². The van der Waals surface area contributed by atoms with E-state index in [4.69, 9.17) is 14.2 Å². The Balaban J connectivity index is 1.68. The largest absolute Gasteiger partial charge is 0.493 e. The fraction of sp³-hybridized carbons (Fsp3) is 0.261. The number of carbonyl (C=O) groups is 2. The molecule has 0 saturated carbocycles. The molecule has 0 bridgehead atoms.